The number of halogens is 2. The summed E-state index contributed by atoms with van der Waals surface area (Å²) in [7, 11) is 0. The molecule has 2 unspecified atom stereocenters. The first kappa shape index (κ1) is 26.6. The van der Waals surface area contributed by atoms with Gasteiger partial charge in [-0.15, -0.1) is 0 Å². The lowest BCUT2D eigenvalue weighted by Gasteiger charge is -2.30. The second-order valence-electron chi connectivity index (χ2n) is 10.6. The summed E-state index contributed by atoms with van der Waals surface area (Å²) in [6, 6.07) is 14.0. The van der Waals surface area contributed by atoms with Gasteiger partial charge in [0.25, 0.3) is 0 Å². The summed E-state index contributed by atoms with van der Waals surface area (Å²) in [6.07, 6.45) is 5.36. The average Bonchev–Trinajstić information content (AvgIpc) is 3.55. The highest BCUT2D eigenvalue weighted by molar-refractivity contribution is 6.32. The number of hydrogen-bond acceptors (Lipinski definition) is 5. The van der Waals surface area contributed by atoms with Crippen molar-refractivity contribution in [3.63, 3.8) is 0 Å². The van der Waals surface area contributed by atoms with Crippen molar-refractivity contribution >= 4 is 34.8 Å². The molecule has 1 N–H and O–H groups in total. The van der Waals surface area contributed by atoms with Crippen LogP contribution in [0.1, 0.15) is 31.2 Å². The first-order chi connectivity index (χ1) is 18.0. The van der Waals surface area contributed by atoms with E-state index in [9.17, 15) is 4.79 Å². The zero-order valence-corrected chi connectivity index (χ0v) is 23.0. The Balaban J connectivity index is 1.18. The van der Waals surface area contributed by atoms with Crippen LogP contribution >= 0.6 is 23.2 Å². The average molecular weight is 546 g/mol. The number of anilines is 1. The third kappa shape index (κ3) is 7.32. The molecule has 3 aliphatic heterocycles. The number of hydrogen-bond donors (Lipinski definition) is 1. The highest BCUT2D eigenvalue weighted by Gasteiger charge is 2.30. The number of nitrogens with zero attached hydrogens (tertiary/aromatic N) is 3. The maximum absolute atomic E-state index is 13.3. The van der Waals surface area contributed by atoms with E-state index in [4.69, 9.17) is 27.9 Å². The maximum atomic E-state index is 13.3. The number of carbonyl (C=O) groups excluding carboxylic acids is 1. The molecule has 0 saturated carbocycles. The van der Waals surface area contributed by atoms with Gasteiger partial charge in [0.15, 0.2) is 0 Å². The smallest absolute Gasteiger partial charge is 0.225 e. The standard InChI is InChI=1S/C29H38Cl2N4O2/c30-24-5-7-26(8-6-24)35-15-10-23(20-35)29(36)32-25(21-34-11-1-2-12-34)18-22-4-9-28(27(31)19-22)37-17-16-33-13-3-14-33/h4-9,19,23,25H,1-3,10-18,20-21H2,(H,32,36). The van der Waals surface area contributed by atoms with Gasteiger partial charge in [0.1, 0.15) is 12.4 Å². The molecule has 3 aliphatic rings. The summed E-state index contributed by atoms with van der Waals surface area (Å²) in [6.45, 7) is 8.62. The molecule has 2 aromatic rings. The van der Waals surface area contributed by atoms with Crippen molar-refractivity contribution in [2.45, 2.75) is 38.1 Å². The molecule has 200 valence electrons. The van der Waals surface area contributed by atoms with Gasteiger partial charge >= 0.3 is 0 Å². The van der Waals surface area contributed by atoms with Crippen LogP contribution in [-0.4, -0.2) is 80.7 Å². The molecule has 0 spiro atoms. The molecule has 3 heterocycles. The summed E-state index contributed by atoms with van der Waals surface area (Å²) in [5.41, 5.74) is 2.24. The van der Waals surface area contributed by atoms with Crippen LogP contribution < -0.4 is 15.0 Å². The molecule has 0 aliphatic carbocycles. The molecule has 5 rings (SSSR count). The fourth-order valence-corrected chi connectivity index (χ4v) is 5.96. The van der Waals surface area contributed by atoms with Gasteiger partial charge in [-0.2, -0.15) is 0 Å². The van der Waals surface area contributed by atoms with Crippen molar-refractivity contribution in [2.24, 2.45) is 5.92 Å². The molecular weight excluding hydrogens is 507 g/mol. The second kappa shape index (κ2) is 12.7. The Morgan fingerprint density at radius 3 is 2.43 bits per heavy atom. The van der Waals surface area contributed by atoms with Gasteiger partial charge in [-0.05, 0) is 100 Å². The van der Waals surface area contributed by atoms with Gasteiger partial charge in [-0.3, -0.25) is 9.69 Å². The Labute approximate surface area is 230 Å². The van der Waals surface area contributed by atoms with E-state index in [2.05, 4.69) is 26.1 Å². The van der Waals surface area contributed by atoms with Crippen LogP contribution in [-0.2, 0) is 11.2 Å². The van der Waals surface area contributed by atoms with Crippen molar-refractivity contribution in [3.05, 3.63) is 58.1 Å². The lowest BCUT2D eigenvalue weighted by Crippen LogP contribution is -2.46. The minimum atomic E-state index is -0.0115. The van der Waals surface area contributed by atoms with E-state index in [1.165, 1.54) is 32.4 Å². The lowest BCUT2D eigenvalue weighted by molar-refractivity contribution is -0.125. The Morgan fingerprint density at radius 1 is 0.973 bits per heavy atom. The van der Waals surface area contributed by atoms with Crippen LogP contribution in [0.3, 0.4) is 0 Å². The molecule has 3 saturated heterocycles. The molecule has 1 amide bonds. The third-order valence-corrected chi connectivity index (χ3v) is 8.41. The largest absolute Gasteiger partial charge is 0.491 e. The highest BCUT2D eigenvalue weighted by Crippen LogP contribution is 2.28. The van der Waals surface area contributed by atoms with Gasteiger partial charge in [0, 0.05) is 42.9 Å². The zero-order chi connectivity index (χ0) is 25.6. The van der Waals surface area contributed by atoms with E-state index in [0.29, 0.717) is 11.6 Å². The third-order valence-electron chi connectivity index (χ3n) is 7.87. The predicted octanol–water partition coefficient (Wildman–Crippen LogP) is 4.73. The number of likely N-dealkylation sites (tertiary alicyclic amines) is 2. The van der Waals surface area contributed by atoms with E-state index in [1.807, 2.05) is 36.4 Å². The lowest BCUT2D eigenvalue weighted by atomic mass is 10.0. The van der Waals surface area contributed by atoms with E-state index in [0.717, 1.165) is 74.1 Å². The van der Waals surface area contributed by atoms with Crippen molar-refractivity contribution in [2.75, 3.05) is 63.9 Å². The molecular formula is C29H38Cl2N4O2. The minimum Gasteiger partial charge on any atom is -0.491 e. The fraction of sp³-hybridized carbons (Fsp3) is 0.552. The van der Waals surface area contributed by atoms with Crippen LogP contribution in [0, 0.1) is 5.92 Å². The number of benzene rings is 2. The predicted molar refractivity (Wildman–Crippen MR) is 151 cm³/mol. The van der Waals surface area contributed by atoms with Crippen molar-refractivity contribution in [1.82, 2.24) is 15.1 Å². The van der Waals surface area contributed by atoms with Gasteiger partial charge < -0.3 is 19.9 Å². The van der Waals surface area contributed by atoms with Crippen LogP contribution in [0.25, 0.3) is 0 Å². The van der Waals surface area contributed by atoms with Crippen LogP contribution in [0.2, 0.25) is 10.0 Å². The molecule has 0 radical (unpaired) electrons. The monoisotopic (exact) mass is 544 g/mol. The van der Waals surface area contributed by atoms with Gasteiger partial charge in [0.05, 0.1) is 10.9 Å². The van der Waals surface area contributed by atoms with E-state index in [-0.39, 0.29) is 17.9 Å². The molecule has 37 heavy (non-hydrogen) atoms. The number of nitrogens with one attached hydrogen (secondary N) is 1. The van der Waals surface area contributed by atoms with Crippen LogP contribution in [0.4, 0.5) is 5.69 Å². The molecule has 3 fully saturated rings. The Bertz CT molecular complexity index is 1040. The SMILES string of the molecule is O=C(NC(Cc1ccc(OCCN2CCC2)c(Cl)c1)CN1CCCC1)C1CCN(c2ccc(Cl)cc2)C1. The van der Waals surface area contributed by atoms with Crippen molar-refractivity contribution in [1.29, 1.82) is 0 Å². The zero-order valence-electron chi connectivity index (χ0n) is 21.5. The summed E-state index contributed by atoms with van der Waals surface area (Å²) in [5, 5.41) is 4.77. The Kier molecular flexibility index (Phi) is 9.14. The Hall–Kier alpha value is -1.99. The molecule has 0 bridgehead atoms. The quantitative estimate of drug-likeness (QED) is 0.443. The van der Waals surface area contributed by atoms with Gasteiger partial charge in [0.2, 0.25) is 5.91 Å². The molecule has 8 heteroatoms. The maximum Gasteiger partial charge on any atom is 0.225 e. The molecule has 2 aromatic carbocycles. The number of rotatable bonds is 11. The van der Waals surface area contributed by atoms with E-state index < -0.39 is 0 Å². The normalized spacial score (nSPS) is 21.1. The number of amides is 1. The summed E-state index contributed by atoms with van der Waals surface area (Å²) < 4.78 is 5.93. The van der Waals surface area contributed by atoms with Gasteiger partial charge in [-0.1, -0.05) is 29.3 Å². The first-order valence-electron chi connectivity index (χ1n) is 13.7. The van der Waals surface area contributed by atoms with Crippen LogP contribution in [0.5, 0.6) is 5.75 Å². The summed E-state index contributed by atoms with van der Waals surface area (Å²) in [4.78, 5) is 20.5. The fourth-order valence-electron chi connectivity index (χ4n) is 5.58. The second-order valence-corrected chi connectivity index (χ2v) is 11.5. The van der Waals surface area contributed by atoms with Crippen LogP contribution in [0.15, 0.2) is 42.5 Å². The highest BCUT2D eigenvalue weighted by atomic mass is 35.5. The molecule has 0 aromatic heterocycles. The van der Waals surface area contributed by atoms with Crippen molar-refractivity contribution < 1.29 is 9.53 Å². The first-order valence-corrected chi connectivity index (χ1v) is 14.5. The summed E-state index contributed by atoms with van der Waals surface area (Å²) in [5.74, 6) is 0.875. The van der Waals surface area contributed by atoms with Gasteiger partial charge in [-0.25, -0.2) is 0 Å². The Morgan fingerprint density at radius 2 is 1.73 bits per heavy atom. The van der Waals surface area contributed by atoms with E-state index in [1.54, 1.807) is 0 Å². The molecule has 2 atom stereocenters. The summed E-state index contributed by atoms with van der Waals surface area (Å²) >= 11 is 12.6. The van der Waals surface area contributed by atoms with E-state index >= 15 is 0 Å². The van der Waals surface area contributed by atoms with Crippen molar-refractivity contribution in [3.8, 4) is 5.75 Å². The molecule has 6 nitrogen and oxygen atoms in total. The number of ether oxygens (including phenoxy) is 1. The minimum absolute atomic E-state index is 0.0115. The topological polar surface area (TPSA) is 48.1 Å². The number of carbonyl (C=O) groups is 1.